The summed E-state index contributed by atoms with van der Waals surface area (Å²) in [6.45, 7) is -1.23. The zero-order valence-corrected chi connectivity index (χ0v) is 17.1. The van der Waals surface area contributed by atoms with E-state index in [2.05, 4.69) is 0 Å². The number of carbonyl (C=O) groups excluding carboxylic acids is 1. The fourth-order valence-electron chi connectivity index (χ4n) is 2.60. The molecule has 31 heavy (non-hydrogen) atoms. The SMILES string of the molecule is O=C(O)COc1ccc(-c2ccc(/C=C3\SC(=S)N(CC(=O)O)C3=O)o2)cc1C(=O)O. The van der Waals surface area contributed by atoms with Gasteiger partial charge in [-0.1, -0.05) is 24.0 Å². The van der Waals surface area contributed by atoms with Crippen LogP contribution in [0, 0.1) is 0 Å². The molecule has 1 fully saturated rings. The van der Waals surface area contributed by atoms with Crippen LogP contribution in [0.25, 0.3) is 17.4 Å². The van der Waals surface area contributed by atoms with Crippen LogP contribution < -0.4 is 4.74 Å². The van der Waals surface area contributed by atoms with E-state index < -0.39 is 37.0 Å². The van der Waals surface area contributed by atoms with E-state index >= 15 is 0 Å². The van der Waals surface area contributed by atoms with Crippen LogP contribution in [0.4, 0.5) is 0 Å². The van der Waals surface area contributed by atoms with Gasteiger partial charge in [0.25, 0.3) is 5.91 Å². The minimum Gasteiger partial charge on any atom is -0.481 e. The maximum absolute atomic E-state index is 12.3. The number of benzene rings is 1. The van der Waals surface area contributed by atoms with Crippen molar-refractivity contribution in [2.24, 2.45) is 0 Å². The Morgan fingerprint density at radius 1 is 1.13 bits per heavy atom. The van der Waals surface area contributed by atoms with Gasteiger partial charge in [-0.25, -0.2) is 9.59 Å². The van der Waals surface area contributed by atoms with Crippen molar-refractivity contribution in [3.63, 3.8) is 0 Å². The smallest absolute Gasteiger partial charge is 0.341 e. The van der Waals surface area contributed by atoms with Crippen LogP contribution in [-0.4, -0.2) is 61.5 Å². The number of carbonyl (C=O) groups is 4. The third-order valence-electron chi connectivity index (χ3n) is 3.91. The van der Waals surface area contributed by atoms with Gasteiger partial charge in [0, 0.05) is 11.6 Å². The molecule has 1 aromatic heterocycles. The molecule has 0 saturated carbocycles. The molecule has 1 saturated heterocycles. The highest BCUT2D eigenvalue weighted by atomic mass is 32.2. The highest BCUT2D eigenvalue weighted by Crippen LogP contribution is 2.34. The quantitative estimate of drug-likeness (QED) is 0.390. The minimum atomic E-state index is -1.31. The number of hydrogen-bond donors (Lipinski definition) is 3. The van der Waals surface area contributed by atoms with Crippen molar-refractivity contribution in [1.82, 2.24) is 4.90 Å². The van der Waals surface area contributed by atoms with Gasteiger partial charge in [0.1, 0.15) is 33.7 Å². The molecule has 2 heterocycles. The number of ether oxygens (including phenoxy) is 1. The normalized spacial score (nSPS) is 14.8. The molecular weight excluding hydrogens is 450 g/mol. The van der Waals surface area contributed by atoms with Crippen molar-refractivity contribution in [2.75, 3.05) is 13.2 Å². The summed E-state index contributed by atoms with van der Waals surface area (Å²) in [5.74, 6) is -3.84. The molecule has 12 heteroatoms. The van der Waals surface area contributed by atoms with Gasteiger partial charge in [-0.15, -0.1) is 0 Å². The predicted molar refractivity (Wildman–Crippen MR) is 112 cm³/mol. The summed E-state index contributed by atoms with van der Waals surface area (Å²) in [6.07, 6.45) is 1.41. The van der Waals surface area contributed by atoms with Gasteiger partial charge in [-0.05, 0) is 30.3 Å². The Labute approximate surface area is 183 Å². The highest BCUT2D eigenvalue weighted by molar-refractivity contribution is 8.26. The van der Waals surface area contributed by atoms with Crippen LogP contribution >= 0.6 is 24.0 Å². The molecule has 3 N–H and O–H groups in total. The number of aliphatic carboxylic acids is 2. The van der Waals surface area contributed by atoms with Gasteiger partial charge in [0.05, 0.1) is 4.91 Å². The number of aromatic carboxylic acids is 1. The molecule has 0 bridgehead atoms. The number of thiocarbonyl (C=S) groups is 1. The first kappa shape index (κ1) is 22.1. The first-order chi connectivity index (χ1) is 14.7. The summed E-state index contributed by atoms with van der Waals surface area (Å²) in [6, 6.07) is 7.20. The maximum Gasteiger partial charge on any atom is 0.341 e. The minimum absolute atomic E-state index is 0.104. The Balaban J connectivity index is 1.84. The fourth-order valence-corrected chi connectivity index (χ4v) is 3.84. The lowest BCUT2D eigenvalue weighted by Gasteiger charge is -2.10. The molecule has 0 atom stereocenters. The van der Waals surface area contributed by atoms with Crippen LogP contribution in [0.3, 0.4) is 0 Å². The molecule has 10 nitrogen and oxygen atoms in total. The van der Waals surface area contributed by atoms with E-state index in [1.807, 2.05) is 0 Å². The Bertz CT molecular complexity index is 1140. The summed E-state index contributed by atoms with van der Waals surface area (Å²) >= 11 is 5.97. The third kappa shape index (κ3) is 5.10. The second-order valence-corrected chi connectivity index (χ2v) is 7.74. The molecule has 0 spiro atoms. The summed E-state index contributed by atoms with van der Waals surface area (Å²) in [4.78, 5) is 46.5. The average Bonchev–Trinajstić information content (AvgIpc) is 3.26. The van der Waals surface area contributed by atoms with Gasteiger partial charge >= 0.3 is 17.9 Å². The number of carboxylic acid groups (broad SMARTS) is 3. The second kappa shape index (κ2) is 9.02. The first-order valence-electron chi connectivity index (χ1n) is 8.45. The summed E-state index contributed by atoms with van der Waals surface area (Å²) in [7, 11) is 0. The average molecular weight is 463 g/mol. The van der Waals surface area contributed by atoms with Gasteiger partial charge in [-0.2, -0.15) is 0 Å². The van der Waals surface area contributed by atoms with Gasteiger partial charge in [0.2, 0.25) is 0 Å². The second-order valence-electron chi connectivity index (χ2n) is 6.06. The molecule has 1 aromatic carbocycles. The number of thioether (sulfide) groups is 1. The molecule has 1 aliphatic heterocycles. The zero-order chi connectivity index (χ0) is 22.7. The lowest BCUT2D eigenvalue weighted by molar-refractivity contribution is -0.140. The summed E-state index contributed by atoms with van der Waals surface area (Å²) in [5, 5.41) is 26.9. The predicted octanol–water partition coefficient (Wildman–Crippen LogP) is 2.39. The molecule has 2 aromatic rings. The number of hydrogen-bond acceptors (Lipinski definition) is 8. The van der Waals surface area contributed by atoms with Crippen LogP contribution in [-0.2, 0) is 14.4 Å². The molecule has 0 radical (unpaired) electrons. The Kier molecular flexibility index (Phi) is 6.42. The van der Waals surface area contributed by atoms with Crippen molar-refractivity contribution in [3.05, 3.63) is 46.6 Å². The summed E-state index contributed by atoms with van der Waals surface area (Å²) in [5.41, 5.74) is 0.143. The van der Waals surface area contributed by atoms with Gasteiger partial charge in [0.15, 0.2) is 6.61 Å². The number of amides is 1. The Hall–Kier alpha value is -3.64. The number of furan rings is 1. The number of carboxylic acids is 3. The summed E-state index contributed by atoms with van der Waals surface area (Å²) < 4.78 is 10.8. The van der Waals surface area contributed by atoms with Gasteiger partial charge in [-0.3, -0.25) is 14.5 Å². The fraction of sp³-hybridized carbons (Fsp3) is 0.105. The lowest BCUT2D eigenvalue weighted by atomic mass is 10.1. The van der Waals surface area contributed by atoms with E-state index in [1.165, 1.54) is 24.3 Å². The largest absolute Gasteiger partial charge is 0.481 e. The van der Waals surface area contributed by atoms with Crippen LogP contribution in [0.15, 0.2) is 39.7 Å². The molecular formula is C19H13NO9S2. The van der Waals surface area contributed by atoms with E-state index in [0.29, 0.717) is 11.3 Å². The van der Waals surface area contributed by atoms with Crippen LogP contribution in [0.5, 0.6) is 5.75 Å². The molecule has 1 aliphatic rings. The third-order valence-corrected chi connectivity index (χ3v) is 5.29. The monoisotopic (exact) mass is 463 g/mol. The highest BCUT2D eigenvalue weighted by Gasteiger charge is 2.33. The Morgan fingerprint density at radius 3 is 2.52 bits per heavy atom. The van der Waals surface area contributed by atoms with Crippen molar-refractivity contribution >= 4 is 58.2 Å². The van der Waals surface area contributed by atoms with E-state index in [1.54, 1.807) is 12.1 Å². The molecule has 0 unspecified atom stereocenters. The number of rotatable bonds is 8. The van der Waals surface area contributed by atoms with E-state index in [4.69, 9.17) is 31.6 Å². The standard InChI is InChI=1S/C19H13NO9S2/c21-15(22)7-20-17(25)14(31-19(20)30)6-10-2-4-12(29-10)9-1-3-13(28-8-16(23)24)11(5-9)18(26)27/h1-6H,7-8H2,(H,21,22)(H,23,24)(H,26,27)/b14-6-. The van der Waals surface area contributed by atoms with Crippen molar-refractivity contribution in [3.8, 4) is 17.1 Å². The van der Waals surface area contributed by atoms with E-state index in [9.17, 15) is 24.3 Å². The van der Waals surface area contributed by atoms with Crippen LogP contribution in [0.2, 0.25) is 0 Å². The van der Waals surface area contributed by atoms with Gasteiger partial charge < -0.3 is 24.5 Å². The lowest BCUT2D eigenvalue weighted by Crippen LogP contribution is -2.33. The molecule has 0 aliphatic carbocycles. The number of nitrogens with zero attached hydrogens (tertiary/aromatic N) is 1. The Morgan fingerprint density at radius 2 is 1.87 bits per heavy atom. The topological polar surface area (TPSA) is 155 Å². The molecule has 160 valence electrons. The van der Waals surface area contributed by atoms with Crippen LogP contribution in [0.1, 0.15) is 16.1 Å². The van der Waals surface area contributed by atoms with E-state index in [-0.39, 0.29) is 26.3 Å². The van der Waals surface area contributed by atoms with E-state index in [0.717, 1.165) is 16.7 Å². The first-order valence-corrected chi connectivity index (χ1v) is 9.67. The van der Waals surface area contributed by atoms with Crippen molar-refractivity contribution in [1.29, 1.82) is 0 Å². The molecule has 1 amide bonds. The zero-order valence-electron chi connectivity index (χ0n) is 15.4. The van der Waals surface area contributed by atoms with Crippen molar-refractivity contribution < 1.29 is 43.7 Å². The maximum atomic E-state index is 12.3. The molecule has 3 rings (SSSR count). The van der Waals surface area contributed by atoms with Crippen molar-refractivity contribution in [2.45, 2.75) is 0 Å².